The Balaban J connectivity index is 0.00000144. The third kappa shape index (κ3) is 2.51. The predicted octanol–water partition coefficient (Wildman–Crippen LogP) is 4.28. The normalized spacial score (nSPS) is 12.8. The minimum Gasteiger partial charge on any atom is -0.318 e. The van der Waals surface area contributed by atoms with Crippen LogP contribution in [0.3, 0.4) is 0 Å². The Morgan fingerprint density at radius 3 is 2.45 bits per heavy atom. The van der Waals surface area contributed by atoms with E-state index in [9.17, 15) is 4.39 Å². The Morgan fingerprint density at radius 1 is 1.00 bits per heavy atom. The monoisotopic (exact) mass is 333 g/mol. The first-order valence-electron chi connectivity index (χ1n) is 6.72. The quantitative estimate of drug-likeness (QED) is 0.701. The van der Waals surface area contributed by atoms with Crippen molar-refractivity contribution in [3.63, 3.8) is 0 Å². The molecular formula is C16H13ClFN3S. The highest BCUT2D eigenvalue weighted by atomic mass is 35.5. The molecule has 0 saturated heterocycles. The number of hydrogen-bond acceptors (Lipinski definition) is 3. The maximum Gasteiger partial charge on any atom is 0.169 e. The lowest BCUT2D eigenvalue weighted by molar-refractivity contribution is 0.628. The molecule has 0 saturated carbocycles. The van der Waals surface area contributed by atoms with E-state index in [2.05, 4.69) is 9.55 Å². The summed E-state index contributed by atoms with van der Waals surface area (Å²) < 4.78 is 15.4. The van der Waals surface area contributed by atoms with E-state index < -0.39 is 0 Å². The summed E-state index contributed by atoms with van der Waals surface area (Å²) >= 11 is 1.76. The van der Waals surface area contributed by atoms with E-state index in [1.54, 1.807) is 36.3 Å². The molecule has 0 atom stereocenters. The summed E-state index contributed by atoms with van der Waals surface area (Å²) in [4.78, 5) is 8.83. The highest BCUT2D eigenvalue weighted by Crippen LogP contribution is 2.38. The summed E-state index contributed by atoms with van der Waals surface area (Å²) in [6, 6.07) is 10.5. The van der Waals surface area contributed by atoms with Gasteiger partial charge in [-0.2, -0.15) is 0 Å². The second kappa shape index (κ2) is 6.10. The number of nitrogens with zero attached hydrogens (tertiary/aromatic N) is 3. The molecule has 1 aliphatic rings. The molecule has 0 radical (unpaired) electrons. The zero-order valence-corrected chi connectivity index (χ0v) is 13.2. The van der Waals surface area contributed by atoms with E-state index in [4.69, 9.17) is 4.98 Å². The zero-order valence-electron chi connectivity index (χ0n) is 11.6. The topological polar surface area (TPSA) is 30.7 Å². The molecule has 3 aromatic rings. The average Bonchev–Trinajstić information content (AvgIpc) is 3.09. The van der Waals surface area contributed by atoms with Crippen LogP contribution in [0.15, 0.2) is 53.9 Å². The van der Waals surface area contributed by atoms with Crippen LogP contribution in [0.2, 0.25) is 0 Å². The minimum absolute atomic E-state index is 0. The van der Waals surface area contributed by atoms with Gasteiger partial charge in [-0.1, -0.05) is 11.8 Å². The molecule has 3 heterocycles. The van der Waals surface area contributed by atoms with Gasteiger partial charge in [0.1, 0.15) is 5.82 Å². The molecular weight excluding hydrogens is 321 g/mol. The fraction of sp³-hybridized carbons (Fsp3) is 0.125. The van der Waals surface area contributed by atoms with E-state index in [1.165, 1.54) is 12.1 Å². The fourth-order valence-corrected chi connectivity index (χ4v) is 3.54. The zero-order chi connectivity index (χ0) is 14.2. The largest absolute Gasteiger partial charge is 0.318 e. The summed E-state index contributed by atoms with van der Waals surface area (Å²) in [5.41, 5.74) is 4.02. The Bertz CT molecular complexity index is 787. The van der Waals surface area contributed by atoms with E-state index in [1.807, 2.05) is 12.1 Å². The maximum absolute atomic E-state index is 13.1. The molecule has 0 unspecified atom stereocenters. The summed E-state index contributed by atoms with van der Waals surface area (Å²) in [6.07, 6.45) is 3.57. The summed E-state index contributed by atoms with van der Waals surface area (Å²) in [5, 5.41) is 1.03. The van der Waals surface area contributed by atoms with Crippen LogP contribution in [-0.2, 0) is 6.54 Å². The van der Waals surface area contributed by atoms with Crippen molar-refractivity contribution in [3.05, 3.63) is 54.6 Å². The Morgan fingerprint density at radius 2 is 1.73 bits per heavy atom. The van der Waals surface area contributed by atoms with E-state index in [-0.39, 0.29) is 18.2 Å². The van der Waals surface area contributed by atoms with Crippen molar-refractivity contribution in [2.45, 2.75) is 11.7 Å². The van der Waals surface area contributed by atoms with Crippen LogP contribution >= 0.6 is 24.2 Å². The van der Waals surface area contributed by atoms with Gasteiger partial charge in [-0.15, -0.1) is 12.4 Å². The number of fused-ring (bicyclic) bond motifs is 1. The van der Waals surface area contributed by atoms with Crippen molar-refractivity contribution in [2.75, 3.05) is 5.75 Å². The van der Waals surface area contributed by atoms with Crippen LogP contribution in [0, 0.1) is 5.82 Å². The number of thioether (sulfide) groups is 1. The smallest absolute Gasteiger partial charge is 0.169 e. The summed E-state index contributed by atoms with van der Waals surface area (Å²) in [6.45, 7) is 0.950. The van der Waals surface area contributed by atoms with Crippen molar-refractivity contribution >= 4 is 24.2 Å². The standard InChI is InChI=1S/C16H12FN3S.ClH/c17-13-3-1-11(2-4-13)14-15(12-5-7-18-8-6-12)20-9-10-21-16(20)19-14;/h1-8H,9-10H2;1H. The Labute approximate surface area is 138 Å². The van der Waals surface area contributed by atoms with Crippen LogP contribution in [0.5, 0.6) is 0 Å². The van der Waals surface area contributed by atoms with Gasteiger partial charge in [-0.3, -0.25) is 4.98 Å². The number of benzene rings is 1. The Hall–Kier alpha value is -1.85. The third-order valence-electron chi connectivity index (χ3n) is 3.55. The van der Waals surface area contributed by atoms with Gasteiger partial charge in [0.2, 0.25) is 0 Å². The van der Waals surface area contributed by atoms with Gasteiger partial charge < -0.3 is 4.57 Å². The van der Waals surface area contributed by atoms with Crippen molar-refractivity contribution in [2.24, 2.45) is 0 Å². The second-order valence-electron chi connectivity index (χ2n) is 4.83. The first-order valence-corrected chi connectivity index (χ1v) is 7.71. The fourth-order valence-electron chi connectivity index (χ4n) is 2.59. The van der Waals surface area contributed by atoms with E-state index in [0.717, 1.165) is 40.0 Å². The molecule has 0 amide bonds. The van der Waals surface area contributed by atoms with Gasteiger partial charge in [0.05, 0.1) is 11.4 Å². The molecule has 0 bridgehead atoms. The van der Waals surface area contributed by atoms with Gasteiger partial charge in [-0.05, 0) is 36.4 Å². The van der Waals surface area contributed by atoms with Crippen LogP contribution in [0.25, 0.3) is 22.5 Å². The van der Waals surface area contributed by atoms with Crippen LogP contribution < -0.4 is 0 Å². The van der Waals surface area contributed by atoms with E-state index >= 15 is 0 Å². The second-order valence-corrected chi connectivity index (χ2v) is 5.90. The molecule has 1 aliphatic heterocycles. The van der Waals surface area contributed by atoms with Crippen LogP contribution in [0.1, 0.15) is 0 Å². The van der Waals surface area contributed by atoms with Gasteiger partial charge in [0.25, 0.3) is 0 Å². The van der Waals surface area contributed by atoms with Gasteiger partial charge in [-0.25, -0.2) is 9.37 Å². The maximum atomic E-state index is 13.1. The SMILES string of the molecule is Cl.Fc1ccc(-c2nc3n(c2-c2ccncc2)CCS3)cc1. The first kappa shape index (κ1) is 15.1. The van der Waals surface area contributed by atoms with Crippen molar-refractivity contribution in [1.29, 1.82) is 0 Å². The van der Waals surface area contributed by atoms with Gasteiger partial charge >= 0.3 is 0 Å². The molecule has 22 heavy (non-hydrogen) atoms. The van der Waals surface area contributed by atoms with Crippen LogP contribution in [-0.4, -0.2) is 20.3 Å². The van der Waals surface area contributed by atoms with Gasteiger partial charge in [0, 0.05) is 35.8 Å². The molecule has 112 valence electrons. The molecule has 6 heteroatoms. The lowest BCUT2D eigenvalue weighted by atomic mass is 10.1. The van der Waals surface area contributed by atoms with Crippen molar-refractivity contribution in [3.8, 4) is 22.5 Å². The molecule has 4 rings (SSSR count). The van der Waals surface area contributed by atoms with Crippen molar-refractivity contribution in [1.82, 2.24) is 14.5 Å². The lowest BCUT2D eigenvalue weighted by Gasteiger charge is -2.07. The number of pyridine rings is 1. The summed E-state index contributed by atoms with van der Waals surface area (Å²) in [5.74, 6) is 0.815. The first-order chi connectivity index (χ1) is 10.3. The minimum atomic E-state index is -0.231. The third-order valence-corrected chi connectivity index (χ3v) is 4.51. The van der Waals surface area contributed by atoms with Crippen molar-refractivity contribution < 1.29 is 4.39 Å². The molecule has 0 fully saturated rings. The summed E-state index contributed by atoms with van der Waals surface area (Å²) in [7, 11) is 0. The number of hydrogen-bond donors (Lipinski definition) is 0. The van der Waals surface area contributed by atoms with Crippen LogP contribution in [0.4, 0.5) is 4.39 Å². The average molecular weight is 334 g/mol. The number of halogens is 2. The lowest BCUT2D eigenvalue weighted by Crippen LogP contribution is -1.97. The molecule has 1 aromatic carbocycles. The van der Waals surface area contributed by atoms with E-state index in [0.29, 0.717) is 0 Å². The molecule has 0 N–H and O–H groups in total. The predicted molar refractivity (Wildman–Crippen MR) is 88.8 cm³/mol. The molecule has 0 aliphatic carbocycles. The Kier molecular flexibility index (Phi) is 4.18. The highest BCUT2D eigenvalue weighted by Gasteiger charge is 2.23. The molecule has 0 spiro atoms. The number of aromatic nitrogens is 3. The number of imidazole rings is 1. The highest BCUT2D eigenvalue weighted by molar-refractivity contribution is 7.99. The molecule has 2 aromatic heterocycles. The number of rotatable bonds is 2. The van der Waals surface area contributed by atoms with Gasteiger partial charge in [0.15, 0.2) is 5.16 Å². The molecule has 3 nitrogen and oxygen atoms in total.